The maximum Gasteiger partial charge on any atom is 0.343 e. The van der Waals surface area contributed by atoms with E-state index in [-0.39, 0.29) is 12.1 Å². The molecule has 6 heteroatoms. The van der Waals surface area contributed by atoms with Gasteiger partial charge >= 0.3 is 11.9 Å². The van der Waals surface area contributed by atoms with E-state index < -0.39 is 5.97 Å². The fourth-order valence-corrected chi connectivity index (χ4v) is 6.31. The average molecular weight is 705 g/mol. The third-order valence-corrected chi connectivity index (χ3v) is 9.51. The number of hydrogen-bond donors (Lipinski definition) is 0. The van der Waals surface area contributed by atoms with Gasteiger partial charge in [0.15, 0.2) is 0 Å². The third-order valence-electron chi connectivity index (χ3n) is 9.21. The van der Waals surface area contributed by atoms with Crippen molar-refractivity contribution in [3.8, 4) is 22.6 Å². The van der Waals surface area contributed by atoms with Crippen molar-refractivity contribution in [2.75, 3.05) is 6.61 Å². The number of halogens is 1. The van der Waals surface area contributed by atoms with Gasteiger partial charge in [0, 0.05) is 0 Å². The van der Waals surface area contributed by atoms with Crippen LogP contribution in [0.25, 0.3) is 11.1 Å². The highest BCUT2D eigenvalue weighted by Gasteiger charge is 2.14. The van der Waals surface area contributed by atoms with Gasteiger partial charge in [0.2, 0.25) is 0 Å². The standard InChI is InChI=1S/C44H61ClO5/c1-4-6-8-10-11-12-13-14-15-16-17-18-19-21-33-48-42-32-29-39(34-41(42)45)44(47)50-40-30-27-37(28-31-40)36-23-25-38(26-24-36)43(46)49-35(3)22-20-9-7-5-2/h23-32,34-35H,4-22,33H2,1-3H3. The van der Waals surface area contributed by atoms with Crippen LogP contribution in [-0.4, -0.2) is 24.6 Å². The number of ether oxygens (including phenoxy) is 3. The van der Waals surface area contributed by atoms with E-state index in [1.807, 2.05) is 31.2 Å². The monoisotopic (exact) mass is 704 g/mol. The van der Waals surface area contributed by atoms with Crippen molar-refractivity contribution in [3.05, 3.63) is 82.9 Å². The highest BCUT2D eigenvalue weighted by Crippen LogP contribution is 2.28. The van der Waals surface area contributed by atoms with Crippen molar-refractivity contribution in [2.45, 2.75) is 149 Å². The lowest BCUT2D eigenvalue weighted by Gasteiger charge is -2.13. The van der Waals surface area contributed by atoms with Crippen LogP contribution in [0.5, 0.6) is 11.5 Å². The Morgan fingerprint density at radius 2 is 1.06 bits per heavy atom. The first-order chi connectivity index (χ1) is 24.4. The molecule has 0 fully saturated rings. The number of carbonyl (C=O) groups excluding carboxylic acids is 2. The molecule has 0 aliphatic heterocycles. The molecule has 50 heavy (non-hydrogen) atoms. The Bertz CT molecular complexity index is 1370. The molecule has 1 unspecified atom stereocenters. The van der Waals surface area contributed by atoms with Gasteiger partial charge in [0.05, 0.1) is 28.9 Å². The Labute approximate surface area is 307 Å². The third kappa shape index (κ3) is 16.1. The van der Waals surface area contributed by atoms with Gasteiger partial charge in [-0.1, -0.05) is 152 Å². The van der Waals surface area contributed by atoms with Crippen LogP contribution in [0.3, 0.4) is 0 Å². The van der Waals surface area contributed by atoms with E-state index in [2.05, 4.69) is 13.8 Å². The van der Waals surface area contributed by atoms with Crippen LogP contribution < -0.4 is 9.47 Å². The van der Waals surface area contributed by atoms with Crippen molar-refractivity contribution >= 4 is 23.5 Å². The molecule has 0 N–H and O–H groups in total. The zero-order chi connectivity index (χ0) is 35.8. The molecule has 1 atom stereocenters. The molecule has 3 aromatic rings. The molecule has 0 saturated carbocycles. The first-order valence-corrected chi connectivity index (χ1v) is 19.8. The molecule has 0 saturated heterocycles. The number of unbranched alkanes of at least 4 members (excludes halogenated alkanes) is 16. The van der Waals surface area contributed by atoms with Crippen LogP contribution in [0, 0.1) is 0 Å². The van der Waals surface area contributed by atoms with E-state index in [4.69, 9.17) is 25.8 Å². The predicted octanol–water partition coefficient (Wildman–Crippen LogP) is 13.6. The highest BCUT2D eigenvalue weighted by molar-refractivity contribution is 6.32. The molecule has 0 aliphatic carbocycles. The molecule has 0 bridgehead atoms. The quantitative estimate of drug-likeness (QED) is 0.0473. The second-order valence-electron chi connectivity index (χ2n) is 13.6. The molecule has 0 spiro atoms. The van der Waals surface area contributed by atoms with E-state index in [9.17, 15) is 9.59 Å². The van der Waals surface area contributed by atoms with Crippen LogP contribution >= 0.6 is 11.6 Å². The molecular formula is C44H61ClO5. The minimum atomic E-state index is -0.486. The summed E-state index contributed by atoms with van der Waals surface area (Å²) in [6.07, 6.45) is 23.9. The Morgan fingerprint density at radius 1 is 0.580 bits per heavy atom. The van der Waals surface area contributed by atoms with Crippen molar-refractivity contribution in [1.29, 1.82) is 0 Å². The topological polar surface area (TPSA) is 61.8 Å². The molecule has 274 valence electrons. The van der Waals surface area contributed by atoms with Crippen molar-refractivity contribution in [2.24, 2.45) is 0 Å². The predicted molar refractivity (Wildman–Crippen MR) is 208 cm³/mol. The van der Waals surface area contributed by atoms with Gasteiger partial charge in [-0.25, -0.2) is 9.59 Å². The van der Waals surface area contributed by atoms with E-state index in [1.165, 1.54) is 96.3 Å². The SMILES string of the molecule is CCCCCCCCCCCCCCCCOc1ccc(C(=O)Oc2ccc(-c3ccc(C(=O)OC(C)CCCCCC)cc3)cc2)cc1Cl. The first kappa shape index (κ1) is 41.1. The zero-order valence-corrected chi connectivity index (χ0v) is 31.7. The summed E-state index contributed by atoms with van der Waals surface area (Å²) in [6.45, 7) is 7.02. The Hall–Kier alpha value is -3.31. The van der Waals surface area contributed by atoms with Gasteiger partial charge in [-0.2, -0.15) is 0 Å². The zero-order valence-electron chi connectivity index (χ0n) is 31.0. The molecular weight excluding hydrogens is 644 g/mol. The Kier molecular flexibility index (Phi) is 20.4. The minimum absolute atomic E-state index is 0.0970. The normalized spacial score (nSPS) is 11.7. The molecule has 3 rings (SSSR count). The Balaban J connectivity index is 1.32. The van der Waals surface area contributed by atoms with E-state index in [0.717, 1.165) is 36.8 Å². The number of esters is 2. The van der Waals surface area contributed by atoms with E-state index in [1.54, 1.807) is 42.5 Å². The summed E-state index contributed by atoms with van der Waals surface area (Å²) in [4.78, 5) is 25.4. The summed E-state index contributed by atoms with van der Waals surface area (Å²) in [5.41, 5.74) is 2.78. The Morgan fingerprint density at radius 3 is 1.60 bits per heavy atom. The first-order valence-electron chi connectivity index (χ1n) is 19.5. The number of hydrogen-bond acceptors (Lipinski definition) is 5. The van der Waals surface area contributed by atoms with Gasteiger partial charge < -0.3 is 14.2 Å². The van der Waals surface area contributed by atoms with E-state index in [0.29, 0.717) is 34.3 Å². The number of rotatable bonds is 26. The average Bonchev–Trinajstić information content (AvgIpc) is 3.12. The summed E-state index contributed by atoms with van der Waals surface area (Å²) >= 11 is 6.45. The van der Waals surface area contributed by atoms with Crippen LogP contribution in [0.1, 0.15) is 163 Å². The molecule has 0 amide bonds. The second-order valence-corrected chi connectivity index (χ2v) is 14.1. The van der Waals surface area contributed by atoms with Crippen LogP contribution in [0.15, 0.2) is 66.7 Å². The number of carbonyl (C=O) groups is 2. The van der Waals surface area contributed by atoms with Gasteiger partial charge in [0.25, 0.3) is 0 Å². The van der Waals surface area contributed by atoms with Gasteiger partial charge in [0.1, 0.15) is 11.5 Å². The lowest BCUT2D eigenvalue weighted by Crippen LogP contribution is -2.15. The minimum Gasteiger partial charge on any atom is -0.492 e. The largest absolute Gasteiger partial charge is 0.492 e. The molecule has 0 radical (unpaired) electrons. The van der Waals surface area contributed by atoms with Crippen LogP contribution in [0.4, 0.5) is 0 Å². The smallest absolute Gasteiger partial charge is 0.343 e. The lowest BCUT2D eigenvalue weighted by molar-refractivity contribution is 0.0319. The summed E-state index contributed by atoms with van der Waals surface area (Å²) in [6, 6.07) is 19.7. The molecule has 3 aromatic carbocycles. The highest BCUT2D eigenvalue weighted by atomic mass is 35.5. The molecule has 0 heterocycles. The van der Waals surface area contributed by atoms with E-state index >= 15 is 0 Å². The van der Waals surface area contributed by atoms with Crippen molar-refractivity contribution < 1.29 is 23.8 Å². The summed E-state index contributed by atoms with van der Waals surface area (Å²) in [5, 5.41) is 0.397. The van der Waals surface area contributed by atoms with Gasteiger partial charge in [-0.3, -0.25) is 0 Å². The fraction of sp³-hybridized carbons (Fsp3) is 0.545. The summed E-state index contributed by atoms with van der Waals surface area (Å²) in [7, 11) is 0. The summed E-state index contributed by atoms with van der Waals surface area (Å²) < 4.78 is 17.1. The maximum absolute atomic E-state index is 12.8. The van der Waals surface area contributed by atoms with Crippen molar-refractivity contribution in [1.82, 2.24) is 0 Å². The number of benzene rings is 3. The van der Waals surface area contributed by atoms with Crippen LogP contribution in [0.2, 0.25) is 5.02 Å². The van der Waals surface area contributed by atoms with Crippen LogP contribution in [-0.2, 0) is 4.74 Å². The maximum atomic E-state index is 12.8. The fourth-order valence-electron chi connectivity index (χ4n) is 6.07. The van der Waals surface area contributed by atoms with Gasteiger partial charge in [-0.15, -0.1) is 0 Å². The second kappa shape index (κ2) is 24.8. The van der Waals surface area contributed by atoms with Gasteiger partial charge in [-0.05, 0) is 79.8 Å². The molecule has 0 aliphatic rings. The van der Waals surface area contributed by atoms with Crippen molar-refractivity contribution in [3.63, 3.8) is 0 Å². The summed E-state index contributed by atoms with van der Waals surface area (Å²) in [5.74, 6) is 0.228. The molecule has 5 nitrogen and oxygen atoms in total. The lowest BCUT2D eigenvalue weighted by atomic mass is 10.0. The molecule has 0 aromatic heterocycles.